The van der Waals surface area contributed by atoms with Gasteiger partial charge >= 0.3 is 0 Å². The van der Waals surface area contributed by atoms with E-state index in [2.05, 4.69) is 0 Å². The van der Waals surface area contributed by atoms with Crippen molar-refractivity contribution < 1.29 is 41.4 Å². The third kappa shape index (κ3) is 4.17. The molecule has 1 nitrogen and oxygen atoms in total. The van der Waals surface area contributed by atoms with Gasteiger partial charge in [0.15, 0.2) is 0 Å². The van der Waals surface area contributed by atoms with Crippen molar-refractivity contribution in [3.8, 4) is 44.5 Å². The molecule has 0 bridgehead atoms. The van der Waals surface area contributed by atoms with Crippen molar-refractivity contribution in [1.82, 2.24) is 0 Å². The Bertz CT molecular complexity index is 3950. The third-order valence-corrected chi connectivity index (χ3v) is 7.15. The SMILES string of the molecule is [2H]c1cc(-c2c([2H])c([2H])c([2H])c([2H])c2-c2c3c([2H])c([2H])c([2H])c([2H])c3c(-c3c([2H])c([2H])c4oc5c([2H])c([2H])c([2H])c([2H])c5c4c3[2H])c3c([2H])c([2H])c([2H])c([2H])c23)c([2H])c([2H])c1-c1c([2H])c([2H])c([2H])c([2H])c1[2H]. The third-order valence-electron chi connectivity index (χ3n) is 7.15. The molecule has 0 aliphatic rings. The van der Waals surface area contributed by atoms with Crippen LogP contribution in [0.4, 0.5) is 0 Å². The van der Waals surface area contributed by atoms with E-state index in [-0.39, 0.29) is 0 Å². The van der Waals surface area contributed by atoms with Gasteiger partial charge in [-0.1, -0.05) is 151 Å². The molecular weight excluding hydrogens is 544 g/mol. The number of rotatable bonds is 4. The highest BCUT2D eigenvalue weighted by molar-refractivity contribution is 6.23. The average molecular weight is 600 g/mol. The molecule has 1 heterocycles. The molecule has 0 saturated carbocycles. The smallest absolute Gasteiger partial charge is 0.135 e. The predicted molar refractivity (Wildman–Crippen MR) is 190 cm³/mol. The van der Waals surface area contributed by atoms with Crippen LogP contribution in [0.5, 0.6) is 0 Å². The minimum absolute atomic E-state index is 0.430. The van der Waals surface area contributed by atoms with E-state index >= 15 is 0 Å². The number of hydrogen-bond donors (Lipinski definition) is 0. The van der Waals surface area contributed by atoms with Gasteiger partial charge in [0, 0.05) is 10.8 Å². The van der Waals surface area contributed by atoms with E-state index in [0.29, 0.717) is 0 Å². The predicted octanol–water partition coefficient (Wildman–Crippen LogP) is 12.6. The molecule has 9 rings (SSSR count). The van der Waals surface area contributed by atoms with Crippen molar-refractivity contribution in [2.24, 2.45) is 0 Å². The van der Waals surface area contributed by atoms with E-state index in [1.807, 2.05) is 0 Å². The summed E-state index contributed by atoms with van der Waals surface area (Å²) in [6, 6.07) is -23.7. The van der Waals surface area contributed by atoms with Crippen molar-refractivity contribution in [3.63, 3.8) is 0 Å². The molecule has 8 aromatic carbocycles. The summed E-state index contributed by atoms with van der Waals surface area (Å²) >= 11 is 0. The van der Waals surface area contributed by atoms with E-state index < -0.39 is 251 Å². The summed E-state index contributed by atoms with van der Waals surface area (Å²) in [6.45, 7) is 0. The topological polar surface area (TPSA) is 13.1 Å². The highest BCUT2D eigenvalue weighted by atomic mass is 16.3. The highest BCUT2D eigenvalue weighted by Crippen LogP contribution is 2.46. The molecule has 0 aliphatic carbocycles. The van der Waals surface area contributed by atoms with Crippen LogP contribution in [0.2, 0.25) is 0 Å². The van der Waals surface area contributed by atoms with Crippen molar-refractivity contribution in [2.45, 2.75) is 0 Å². The summed E-state index contributed by atoms with van der Waals surface area (Å²) in [5, 5.41) is -3.86. The van der Waals surface area contributed by atoms with Crippen molar-refractivity contribution in [3.05, 3.63) is 169 Å². The Morgan fingerprint density at radius 2 is 0.844 bits per heavy atom. The van der Waals surface area contributed by atoms with Crippen molar-refractivity contribution >= 4 is 43.5 Å². The first-order chi connectivity index (χ1) is 33.6. The van der Waals surface area contributed by atoms with Gasteiger partial charge in [0.1, 0.15) is 11.2 Å². The largest absolute Gasteiger partial charge is 0.456 e. The lowest BCUT2D eigenvalue weighted by Gasteiger charge is -2.20. The maximum atomic E-state index is 9.67. The van der Waals surface area contributed by atoms with Gasteiger partial charge in [-0.3, -0.25) is 0 Å². The summed E-state index contributed by atoms with van der Waals surface area (Å²) < 4.78 is 246. The Hall–Kier alpha value is -5.92. The van der Waals surface area contributed by atoms with Crippen molar-refractivity contribution in [1.29, 1.82) is 0 Å². The fourth-order valence-corrected chi connectivity index (χ4v) is 5.25. The molecule has 0 N–H and O–H groups in total. The van der Waals surface area contributed by atoms with Crippen LogP contribution in [0.25, 0.3) is 88.0 Å². The molecule has 210 valence electrons. The van der Waals surface area contributed by atoms with Crippen LogP contribution in [-0.4, -0.2) is 0 Å². The molecule has 1 heteroatoms. The van der Waals surface area contributed by atoms with Crippen LogP contribution in [0, 0.1) is 0 Å². The first-order valence-electron chi connectivity index (χ1n) is 26.7. The number of furan rings is 1. The standard InChI is InChI=1S/C44H28O/c1-2-12-29(13-3-1)30-22-24-31(25-23-30)33-14-4-5-16-35(33)44-38-19-8-6-17-36(38)43(37-18-7-9-20-39(37)44)32-26-27-42-40(28-32)34-15-10-11-21-41(34)45-42/h1-28H/i1D,2D,3D,4D,5D,6D,7D,8D,9D,10D,11D,12D,13D,14D,15D,16D,17D,18D,19D,20D,21D,22D,23D,24D,26D,27D,28D. The molecule has 0 amide bonds. The van der Waals surface area contributed by atoms with Gasteiger partial charge in [0.05, 0.1) is 37.0 Å². The lowest BCUT2D eigenvalue weighted by Crippen LogP contribution is -1.92. The van der Waals surface area contributed by atoms with Gasteiger partial charge in [0.2, 0.25) is 0 Å². The Morgan fingerprint density at radius 3 is 1.58 bits per heavy atom. The number of fused-ring (bicyclic) bond motifs is 5. The van der Waals surface area contributed by atoms with E-state index in [9.17, 15) is 12.3 Å². The average Bonchev–Trinajstić information content (AvgIpc) is 3.76. The number of para-hydroxylation sites is 1. The van der Waals surface area contributed by atoms with Crippen LogP contribution in [-0.2, 0) is 0 Å². The molecule has 1 aromatic heterocycles. The summed E-state index contributed by atoms with van der Waals surface area (Å²) in [6.07, 6.45) is 0. The molecule has 0 fully saturated rings. The second-order valence-electron chi connectivity index (χ2n) is 9.59. The van der Waals surface area contributed by atoms with Crippen LogP contribution in [0.15, 0.2) is 174 Å². The molecule has 9 aromatic rings. The lowest BCUT2D eigenvalue weighted by molar-refractivity contribution is 0.669. The maximum Gasteiger partial charge on any atom is 0.135 e. The summed E-state index contributed by atoms with van der Waals surface area (Å²) in [5.41, 5.74) is -6.78. The van der Waals surface area contributed by atoms with Gasteiger partial charge in [-0.25, -0.2) is 0 Å². The zero-order valence-electron chi connectivity index (χ0n) is 49.5. The van der Waals surface area contributed by atoms with Crippen LogP contribution in [0.3, 0.4) is 0 Å². The van der Waals surface area contributed by atoms with Crippen LogP contribution >= 0.6 is 0 Å². The first-order valence-corrected chi connectivity index (χ1v) is 13.2. The summed E-state index contributed by atoms with van der Waals surface area (Å²) in [7, 11) is 0. The second kappa shape index (κ2) is 10.4. The molecule has 0 aliphatic heterocycles. The fraction of sp³-hybridized carbons (Fsp3) is 0. The van der Waals surface area contributed by atoms with Gasteiger partial charge in [-0.15, -0.1) is 0 Å². The Kier molecular flexibility index (Phi) is 2.38. The zero-order valence-corrected chi connectivity index (χ0v) is 22.5. The summed E-state index contributed by atoms with van der Waals surface area (Å²) in [4.78, 5) is 0. The summed E-state index contributed by atoms with van der Waals surface area (Å²) in [5.74, 6) is 0. The van der Waals surface area contributed by atoms with Gasteiger partial charge < -0.3 is 4.42 Å². The first kappa shape index (κ1) is 10.3. The normalized spacial score (nSPS) is 20.0. The molecular formula is C44H28O. The highest BCUT2D eigenvalue weighted by Gasteiger charge is 2.19. The zero-order chi connectivity index (χ0) is 53.2. The molecule has 0 radical (unpaired) electrons. The minimum atomic E-state index is -1.04. The molecule has 45 heavy (non-hydrogen) atoms. The van der Waals surface area contributed by atoms with Crippen LogP contribution in [0.1, 0.15) is 37.0 Å². The Balaban J connectivity index is 1.57. The van der Waals surface area contributed by atoms with Gasteiger partial charge in [-0.05, 0) is 84.2 Å². The molecule has 0 spiro atoms. The maximum absolute atomic E-state index is 9.67. The van der Waals surface area contributed by atoms with E-state index in [1.54, 1.807) is 0 Å². The van der Waals surface area contributed by atoms with E-state index in [4.69, 9.17) is 29.1 Å². The van der Waals surface area contributed by atoms with Crippen LogP contribution < -0.4 is 0 Å². The van der Waals surface area contributed by atoms with Crippen molar-refractivity contribution in [2.75, 3.05) is 0 Å². The quantitative estimate of drug-likeness (QED) is 0.183. The van der Waals surface area contributed by atoms with Gasteiger partial charge in [-0.2, -0.15) is 0 Å². The minimum Gasteiger partial charge on any atom is -0.456 e. The number of benzene rings is 8. The van der Waals surface area contributed by atoms with Gasteiger partial charge in [0.25, 0.3) is 0 Å². The number of hydrogen-bond acceptors (Lipinski definition) is 1. The Morgan fingerprint density at radius 1 is 0.333 bits per heavy atom. The lowest BCUT2D eigenvalue weighted by atomic mass is 9.83. The molecule has 0 unspecified atom stereocenters. The monoisotopic (exact) mass is 599 g/mol. The van der Waals surface area contributed by atoms with E-state index in [1.165, 1.54) is 0 Å². The second-order valence-corrected chi connectivity index (χ2v) is 9.59. The molecule has 0 saturated heterocycles. The Labute approximate surface area is 299 Å². The molecule has 0 atom stereocenters. The fourth-order valence-electron chi connectivity index (χ4n) is 5.25. The van der Waals surface area contributed by atoms with E-state index in [0.717, 1.165) is 6.07 Å².